The molecule has 0 saturated heterocycles. The van der Waals surface area contributed by atoms with E-state index in [0.717, 1.165) is 0 Å². The number of hydrogen-bond acceptors (Lipinski definition) is 6. The number of esters is 1. The first-order valence-electron chi connectivity index (χ1n) is 9.44. The van der Waals surface area contributed by atoms with Gasteiger partial charge in [0, 0.05) is 10.6 Å². The molecule has 0 radical (unpaired) electrons. The topological polar surface area (TPSA) is 97.2 Å². The van der Waals surface area contributed by atoms with E-state index in [-0.39, 0.29) is 22.1 Å². The van der Waals surface area contributed by atoms with Gasteiger partial charge in [0.05, 0.1) is 23.4 Å². The molecule has 3 aromatic rings. The molecule has 0 aliphatic heterocycles. The first-order valence-corrected chi connectivity index (χ1v) is 10.2. The van der Waals surface area contributed by atoms with Gasteiger partial charge in [-0.3, -0.25) is 4.79 Å². The molecule has 0 saturated carbocycles. The lowest BCUT2D eigenvalue weighted by atomic mass is 10.2. The molecule has 2 N–H and O–H groups in total. The van der Waals surface area contributed by atoms with Crippen molar-refractivity contribution in [1.29, 1.82) is 0 Å². The summed E-state index contributed by atoms with van der Waals surface area (Å²) in [6.45, 7) is 2.13. The van der Waals surface area contributed by atoms with Crippen LogP contribution in [-0.2, 0) is 0 Å². The van der Waals surface area contributed by atoms with Gasteiger partial charge in [0.1, 0.15) is 5.75 Å². The molecule has 0 fully saturated rings. The molecule has 164 valence electrons. The number of nitrogens with zero attached hydrogens (tertiary/aromatic N) is 1. The van der Waals surface area contributed by atoms with Gasteiger partial charge >= 0.3 is 5.97 Å². The van der Waals surface area contributed by atoms with Crippen LogP contribution in [0.5, 0.6) is 17.2 Å². The molecule has 0 spiro atoms. The van der Waals surface area contributed by atoms with Gasteiger partial charge in [0.2, 0.25) is 0 Å². The van der Waals surface area contributed by atoms with Crippen molar-refractivity contribution in [1.82, 2.24) is 5.43 Å². The van der Waals surface area contributed by atoms with Crippen LogP contribution in [0.15, 0.2) is 65.8 Å². The summed E-state index contributed by atoms with van der Waals surface area (Å²) < 4.78 is 11.0. The van der Waals surface area contributed by atoms with E-state index in [9.17, 15) is 14.7 Å². The predicted molar refractivity (Wildman–Crippen MR) is 122 cm³/mol. The number of aromatic hydroxyl groups is 1. The number of carbonyl (C=O) groups is 2. The van der Waals surface area contributed by atoms with E-state index in [4.69, 9.17) is 32.7 Å². The van der Waals surface area contributed by atoms with Crippen molar-refractivity contribution in [2.75, 3.05) is 6.61 Å². The number of phenolic OH excluding ortho intramolecular Hbond substituents is 1. The summed E-state index contributed by atoms with van der Waals surface area (Å²) in [7, 11) is 0. The maximum Gasteiger partial charge on any atom is 0.345 e. The van der Waals surface area contributed by atoms with Gasteiger partial charge in [0.15, 0.2) is 11.5 Å². The van der Waals surface area contributed by atoms with Crippen LogP contribution in [0.2, 0.25) is 10.0 Å². The molecule has 0 aliphatic carbocycles. The predicted octanol–water partition coefficient (Wildman–Crippen LogP) is 5.08. The van der Waals surface area contributed by atoms with Crippen LogP contribution in [0, 0.1) is 0 Å². The maximum atomic E-state index is 12.5. The minimum atomic E-state index is -0.657. The fourth-order valence-electron chi connectivity index (χ4n) is 2.61. The molecule has 0 bridgehead atoms. The average Bonchev–Trinajstić information content (AvgIpc) is 2.76. The summed E-state index contributed by atoms with van der Waals surface area (Å²) in [6.07, 6.45) is 1.42. The highest BCUT2D eigenvalue weighted by Crippen LogP contribution is 2.30. The van der Waals surface area contributed by atoms with Crippen LogP contribution in [0.25, 0.3) is 0 Å². The van der Waals surface area contributed by atoms with Crippen molar-refractivity contribution in [3.05, 3.63) is 87.4 Å². The molecular formula is C23H18Cl2N2O5. The fraction of sp³-hybridized carbons (Fsp3) is 0.0870. The number of rotatable bonds is 7. The zero-order valence-electron chi connectivity index (χ0n) is 16.8. The summed E-state index contributed by atoms with van der Waals surface area (Å²) in [5.41, 5.74) is 3.51. The highest BCUT2D eigenvalue weighted by molar-refractivity contribution is 6.36. The van der Waals surface area contributed by atoms with Crippen molar-refractivity contribution < 1.29 is 24.2 Å². The number of hydrogen-bond donors (Lipinski definition) is 2. The standard InChI is InChI=1S/C23H18Cl2N2O5/c1-2-31-21-11-14(13-26-27-22(29)15-4-7-17(28)8-5-15)3-10-20(21)32-23(30)18-9-6-16(24)12-19(18)25/h3-13,28H,2H2,1H3,(H,27,29). The second-order valence-electron chi connectivity index (χ2n) is 6.40. The van der Waals surface area contributed by atoms with E-state index in [0.29, 0.717) is 28.5 Å². The van der Waals surface area contributed by atoms with E-state index in [1.807, 2.05) is 0 Å². The van der Waals surface area contributed by atoms with Gasteiger partial charge in [-0.25, -0.2) is 10.2 Å². The molecule has 0 heterocycles. The van der Waals surface area contributed by atoms with E-state index in [2.05, 4.69) is 10.5 Å². The van der Waals surface area contributed by atoms with E-state index in [1.54, 1.807) is 31.2 Å². The van der Waals surface area contributed by atoms with Gasteiger partial charge in [0.25, 0.3) is 5.91 Å². The van der Waals surface area contributed by atoms with Crippen LogP contribution >= 0.6 is 23.2 Å². The number of nitrogens with one attached hydrogen (secondary N) is 1. The molecule has 7 nitrogen and oxygen atoms in total. The Morgan fingerprint density at radius 2 is 1.78 bits per heavy atom. The van der Waals surface area contributed by atoms with Gasteiger partial charge in [-0.05, 0) is 73.2 Å². The second kappa shape index (κ2) is 10.7. The normalized spacial score (nSPS) is 10.7. The summed E-state index contributed by atoms with van der Waals surface area (Å²) in [6, 6.07) is 15.0. The lowest BCUT2D eigenvalue weighted by Crippen LogP contribution is -2.17. The van der Waals surface area contributed by atoms with Gasteiger partial charge in [-0.15, -0.1) is 0 Å². The number of hydrazone groups is 1. The van der Waals surface area contributed by atoms with Crippen LogP contribution in [0.1, 0.15) is 33.2 Å². The molecule has 1 amide bonds. The number of amides is 1. The molecule has 0 atom stereocenters. The molecular weight excluding hydrogens is 455 g/mol. The fourth-order valence-corrected chi connectivity index (χ4v) is 3.10. The summed E-state index contributed by atoms with van der Waals surface area (Å²) >= 11 is 11.9. The van der Waals surface area contributed by atoms with Crippen molar-refractivity contribution in [3.63, 3.8) is 0 Å². The Bertz CT molecular complexity index is 1160. The minimum absolute atomic E-state index is 0.0626. The number of ether oxygens (including phenoxy) is 2. The number of halogens is 2. The van der Waals surface area contributed by atoms with Crippen molar-refractivity contribution >= 4 is 41.3 Å². The third kappa shape index (κ3) is 6.00. The Labute approximate surface area is 194 Å². The minimum Gasteiger partial charge on any atom is -0.508 e. The van der Waals surface area contributed by atoms with Crippen molar-refractivity contribution in [2.24, 2.45) is 5.10 Å². The number of benzene rings is 3. The lowest BCUT2D eigenvalue weighted by Gasteiger charge is -2.12. The lowest BCUT2D eigenvalue weighted by molar-refractivity contribution is 0.0728. The molecule has 0 aliphatic rings. The Kier molecular flexibility index (Phi) is 7.70. The molecule has 3 aromatic carbocycles. The van der Waals surface area contributed by atoms with Crippen molar-refractivity contribution in [3.8, 4) is 17.2 Å². The summed E-state index contributed by atoms with van der Waals surface area (Å²) in [5, 5.41) is 13.8. The van der Waals surface area contributed by atoms with E-state index >= 15 is 0 Å². The molecule has 9 heteroatoms. The van der Waals surface area contributed by atoms with Crippen LogP contribution < -0.4 is 14.9 Å². The third-order valence-corrected chi connectivity index (χ3v) is 4.68. The molecule has 0 aromatic heterocycles. The van der Waals surface area contributed by atoms with Gasteiger partial charge in [-0.2, -0.15) is 5.10 Å². The first kappa shape index (κ1) is 23.1. The van der Waals surface area contributed by atoms with Gasteiger partial charge < -0.3 is 14.6 Å². The Hall–Kier alpha value is -3.55. The molecule has 0 unspecified atom stereocenters. The smallest absolute Gasteiger partial charge is 0.345 e. The van der Waals surface area contributed by atoms with Crippen molar-refractivity contribution in [2.45, 2.75) is 6.92 Å². The number of carbonyl (C=O) groups excluding carboxylic acids is 2. The molecule has 3 rings (SSSR count). The zero-order valence-corrected chi connectivity index (χ0v) is 18.4. The number of phenols is 1. The van der Waals surface area contributed by atoms with Crippen LogP contribution in [0.3, 0.4) is 0 Å². The summed E-state index contributed by atoms with van der Waals surface area (Å²) in [5.74, 6) is -0.507. The average molecular weight is 473 g/mol. The highest BCUT2D eigenvalue weighted by Gasteiger charge is 2.16. The largest absolute Gasteiger partial charge is 0.508 e. The highest BCUT2D eigenvalue weighted by atomic mass is 35.5. The maximum absolute atomic E-state index is 12.5. The Morgan fingerprint density at radius 3 is 2.47 bits per heavy atom. The van der Waals surface area contributed by atoms with E-state index in [1.165, 1.54) is 42.6 Å². The Balaban J connectivity index is 1.72. The zero-order chi connectivity index (χ0) is 23.1. The van der Waals surface area contributed by atoms with Crippen LogP contribution in [-0.4, -0.2) is 29.8 Å². The SMILES string of the molecule is CCOc1cc(C=NNC(=O)c2ccc(O)cc2)ccc1OC(=O)c1ccc(Cl)cc1Cl. The molecule has 32 heavy (non-hydrogen) atoms. The van der Waals surface area contributed by atoms with Crippen LogP contribution in [0.4, 0.5) is 0 Å². The monoisotopic (exact) mass is 472 g/mol. The quantitative estimate of drug-likeness (QED) is 0.216. The third-order valence-electron chi connectivity index (χ3n) is 4.13. The second-order valence-corrected chi connectivity index (χ2v) is 7.24. The first-order chi connectivity index (χ1) is 15.4. The Morgan fingerprint density at radius 1 is 1.03 bits per heavy atom. The van der Waals surface area contributed by atoms with E-state index < -0.39 is 11.9 Å². The van der Waals surface area contributed by atoms with Gasteiger partial charge in [-0.1, -0.05) is 23.2 Å². The summed E-state index contributed by atoms with van der Waals surface area (Å²) in [4.78, 5) is 24.6.